The number of thiazole rings is 1. The van der Waals surface area contributed by atoms with Crippen molar-refractivity contribution in [2.45, 2.75) is 137 Å². The molecule has 5 atom stereocenters. The number of aliphatic carboxylic acids is 1. The number of ketones is 1. The molecule has 2 rings (SSSR count). The molecule has 0 amide bonds. The van der Waals surface area contributed by atoms with Crippen molar-refractivity contribution in [3.8, 4) is 5.75 Å². The molecule has 0 saturated carbocycles. The minimum Gasteiger partial charge on any atom is -0.497 e. The van der Waals surface area contributed by atoms with Gasteiger partial charge in [-0.15, -0.1) is 11.3 Å². The van der Waals surface area contributed by atoms with Crippen molar-refractivity contribution in [3.63, 3.8) is 0 Å². The van der Waals surface area contributed by atoms with Gasteiger partial charge in [-0.25, -0.2) is 4.98 Å². The molecule has 0 radical (unpaired) electrons. The van der Waals surface area contributed by atoms with Crippen LogP contribution >= 0.6 is 11.3 Å². The third-order valence-electron chi connectivity index (χ3n) is 10.2. The molecule has 1 aromatic heterocycles. The van der Waals surface area contributed by atoms with Gasteiger partial charge in [-0.05, 0) is 92.9 Å². The van der Waals surface area contributed by atoms with Crippen LogP contribution in [-0.2, 0) is 25.4 Å². The first-order valence-electron chi connectivity index (χ1n) is 17.8. The molecule has 8 nitrogen and oxygen atoms in total. The number of carboxylic acid groups (broad SMARTS) is 1. The summed E-state index contributed by atoms with van der Waals surface area (Å²) in [7, 11) is -0.419. The SMILES string of the molecule is COc1ccc(CO[C@@H](CC(=O)O)C(C)(C)C(=O)[C@H](C)[C@@H](O)[C@@H](C)CCC/C=C\C[C@H](O[Si](C)(C)C(C)(C)C)/C(C)=C/c2csc(C)n2)cc1. The Balaban J connectivity index is 1.99. The van der Waals surface area contributed by atoms with Crippen molar-refractivity contribution in [3.05, 3.63) is 63.6 Å². The van der Waals surface area contributed by atoms with E-state index >= 15 is 0 Å². The molecule has 0 aliphatic carbocycles. The first-order chi connectivity index (χ1) is 23.2. The Morgan fingerprint density at radius 3 is 2.24 bits per heavy atom. The van der Waals surface area contributed by atoms with Gasteiger partial charge in [0.15, 0.2) is 8.32 Å². The zero-order valence-corrected chi connectivity index (χ0v) is 34.4. The number of Topliss-reactive ketones (excluding diaryl/α,β-unsaturated/α-hetero) is 1. The quantitative estimate of drug-likeness (QED) is 0.0742. The molecule has 0 bridgehead atoms. The van der Waals surface area contributed by atoms with Crippen LogP contribution in [0.1, 0.15) is 104 Å². The first-order valence-corrected chi connectivity index (χ1v) is 21.6. The molecule has 0 aliphatic rings. The van der Waals surface area contributed by atoms with Crippen molar-refractivity contribution in [1.82, 2.24) is 4.98 Å². The van der Waals surface area contributed by atoms with E-state index < -0.39 is 37.8 Å². The lowest BCUT2D eigenvalue weighted by molar-refractivity contribution is -0.152. The van der Waals surface area contributed by atoms with Gasteiger partial charge in [0.2, 0.25) is 0 Å². The Bertz CT molecular complexity index is 1420. The molecule has 10 heteroatoms. The number of aliphatic hydroxyl groups excluding tert-OH is 1. The molecular formula is C40H63NO7SSi. The number of benzene rings is 1. The minimum absolute atomic E-state index is 0.0322. The van der Waals surface area contributed by atoms with Gasteiger partial charge in [0.05, 0.1) is 54.6 Å². The molecular weight excluding hydrogens is 667 g/mol. The van der Waals surface area contributed by atoms with E-state index in [-0.39, 0.29) is 35.9 Å². The number of aromatic nitrogens is 1. The third kappa shape index (κ3) is 13.2. The standard InChI is InChI=1S/C40H63NO7SSi/c1-27(17-15-13-14-16-18-34(48-50(11,12)39(5,6)7)28(2)23-32-26-49-30(4)41-32)37(44)29(3)38(45)40(8,9)35(24-36(42)43)47-25-31-19-21-33(46-10)22-20-31/h14,16,19-23,26-27,29,34-35,37,44H,13,15,17-18,24-25H2,1-12H3,(H,42,43)/b16-14-,28-23+/t27-,29+,34-,35-,37-/m0/s1. The molecule has 2 N–H and O–H groups in total. The normalized spacial score (nSPS) is 16.2. The lowest BCUT2D eigenvalue weighted by Gasteiger charge is -2.39. The van der Waals surface area contributed by atoms with E-state index in [0.29, 0.717) is 5.75 Å². The fourth-order valence-electron chi connectivity index (χ4n) is 5.69. The van der Waals surface area contributed by atoms with Crippen LogP contribution in [0, 0.1) is 24.2 Å². The molecule has 0 unspecified atom stereocenters. The van der Waals surface area contributed by atoms with E-state index in [9.17, 15) is 19.8 Å². The maximum Gasteiger partial charge on any atom is 0.306 e. The van der Waals surface area contributed by atoms with Crippen molar-refractivity contribution in [1.29, 1.82) is 0 Å². The van der Waals surface area contributed by atoms with Crippen LogP contribution in [0.25, 0.3) is 6.08 Å². The molecule has 0 spiro atoms. The summed E-state index contributed by atoms with van der Waals surface area (Å²) in [6.45, 7) is 22.8. The molecule has 280 valence electrons. The Kier molecular flexibility index (Phi) is 16.8. The summed E-state index contributed by atoms with van der Waals surface area (Å²) in [5, 5.41) is 24.1. The summed E-state index contributed by atoms with van der Waals surface area (Å²) >= 11 is 1.65. The van der Waals surface area contributed by atoms with Crippen LogP contribution in [0.15, 0.2) is 47.4 Å². The maximum absolute atomic E-state index is 13.8. The zero-order valence-electron chi connectivity index (χ0n) is 32.5. The summed E-state index contributed by atoms with van der Waals surface area (Å²) in [5.74, 6) is -1.33. The summed E-state index contributed by atoms with van der Waals surface area (Å²) in [6.07, 6.45) is 7.70. The molecule has 1 aromatic carbocycles. The predicted molar refractivity (Wildman–Crippen MR) is 207 cm³/mol. The smallest absolute Gasteiger partial charge is 0.306 e. The second kappa shape index (κ2) is 19.3. The van der Waals surface area contributed by atoms with Crippen LogP contribution in [-0.4, -0.2) is 60.7 Å². The summed E-state index contributed by atoms with van der Waals surface area (Å²) < 4.78 is 18.1. The number of ether oxygens (including phenoxy) is 2. The number of aliphatic hydroxyl groups is 1. The van der Waals surface area contributed by atoms with Crippen LogP contribution in [0.4, 0.5) is 0 Å². The number of hydrogen-bond donors (Lipinski definition) is 2. The molecule has 0 fully saturated rings. The van der Waals surface area contributed by atoms with Gasteiger partial charge in [-0.1, -0.05) is 72.8 Å². The minimum atomic E-state index is -2.01. The maximum atomic E-state index is 13.8. The number of carbonyl (C=O) groups is 2. The van der Waals surface area contributed by atoms with Crippen molar-refractivity contribution >= 4 is 37.5 Å². The zero-order chi connectivity index (χ0) is 37.9. The van der Waals surface area contributed by atoms with Gasteiger partial charge in [0, 0.05) is 11.3 Å². The first kappa shape index (κ1) is 43.5. The number of carboxylic acids is 1. The predicted octanol–water partition coefficient (Wildman–Crippen LogP) is 9.66. The largest absolute Gasteiger partial charge is 0.497 e. The van der Waals surface area contributed by atoms with Crippen LogP contribution in [0.5, 0.6) is 5.75 Å². The number of hydrogen-bond acceptors (Lipinski definition) is 8. The topological polar surface area (TPSA) is 115 Å². The number of methoxy groups -OCH3 is 1. The molecule has 1 heterocycles. The molecule has 2 aromatic rings. The van der Waals surface area contributed by atoms with Crippen molar-refractivity contribution in [2.75, 3.05) is 7.11 Å². The summed E-state index contributed by atoms with van der Waals surface area (Å²) in [4.78, 5) is 30.1. The number of carbonyl (C=O) groups excluding carboxylic acids is 1. The number of allylic oxidation sites excluding steroid dienone is 1. The van der Waals surface area contributed by atoms with Crippen molar-refractivity contribution in [2.24, 2.45) is 17.3 Å². The van der Waals surface area contributed by atoms with Crippen molar-refractivity contribution < 1.29 is 33.7 Å². The Labute approximate surface area is 306 Å². The van der Waals surface area contributed by atoms with Gasteiger partial charge in [-0.2, -0.15) is 0 Å². The molecule has 50 heavy (non-hydrogen) atoms. The summed E-state index contributed by atoms with van der Waals surface area (Å²) in [6, 6.07) is 7.31. The highest BCUT2D eigenvalue weighted by atomic mass is 32.1. The second-order valence-electron chi connectivity index (χ2n) is 15.8. The highest BCUT2D eigenvalue weighted by molar-refractivity contribution is 7.09. The fourth-order valence-corrected chi connectivity index (χ4v) is 7.61. The van der Waals surface area contributed by atoms with E-state index in [1.54, 1.807) is 39.2 Å². The van der Waals surface area contributed by atoms with Crippen LogP contribution < -0.4 is 4.74 Å². The monoisotopic (exact) mass is 729 g/mol. The Morgan fingerprint density at radius 1 is 1.06 bits per heavy atom. The fraction of sp³-hybridized carbons (Fsp3) is 0.625. The van der Waals surface area contributed by atoms with Gasteiger partial charge in [0.1, 0.15) is 11.5 Å². The Hall–Kier alpha value is -2.63. The molecule has 0 saturated heterocycles. The van der Waals surface area contributed by atoms with Gasteiger partial charge >= 0.3 is 5.97 Å². The second-order valence-corrected chi connectivity index (χ2v) is 21.6. The average Bonchev–Trinajstić information content (AvgIpc) is 3.45. The van der Waals surface area contributed by atoms with Gasteiger partial charge in [0.25, 0.3) is 0 Å². The Morgan fingerprint density at radius 2 is 1.70 bits per heavy atom. The van der Waals surface area contributed by atoms with E-state index in [2.05, 4.69) is 69.4 Å². The van der Waals surface area contributed by atoms with Crippen LogP contribution in [0.2, 0.25) is 18.1 Å². The average molecular weight is 730 g/mol. The van der Waals surface area contributed by atoms with E-state index in [1.165, 1.54) is 5.57 Å². The summed E-state index contributed by atoms with van der Waals surface area (Å²) in [5.41, 5.74) is 1.86. The van der Waals surface area contributed by atoms with E-state index in [4.69, 9.17) is 13.9 Å². The van der Waals surface area contributed by atoms with Gasteiger partial charge < -0.3 is 24.1 Å². The number of nitrogens with zero attached hydrogens (tertiary/aromatic N) is 1. The lowest BCUT2D eigenvalue weighted by Crippen LogP contribution is -2.46. The van der Waals surface area contributed by atoms with E-state index in [1.807, 2.05) is 38.1 Å². The van der Waals surface area contributed by atoms with Gasteiger partial charge in [-0.3, -0.25) is 9.59 Å². The highest BCUT2D eigenvalue weighted by Crippen LogP contribution is 2.39. The number of aryl methyl sites for hydroxylation is 1. The number of unbranched alkanes of at least 4 members (excludes halogenated alkanes) is 1. The lowest BCUT2D eigenvalue weighted by atomic mass is 9.73. The number of rotatable bonds is 21. The highest BCUT2D eigenvalue weighted by Gasteiger charge is 2.43. The molecule has 0 aliphatic heterocycles. The third-order valence-corrected chi connectivity index (χ3v) is 15.5. The van der Waals surface area contributed by atoms with E-state index in [0.717, 1.165) is 41.9 Å². The van der Waals surface area contributed by atoms with Crippen LogP contribution in [0.3, 0.4) is 0 Å².